The molecular formula is C17H20N2O3. The minimum atomic E-state index is -0.425. The second-order valence-corrected chi connectivity index (χ2v) is 5.81. The maximum atomic E-state index is 12.8. The highest BCUT2D eigenvalue weighted by Gasteiger charge is 2.34. The normalized spacial score (nSPS) is 20.8. The number of nitrogens with one attached hydrogen (secondary N) is 1. The van der Waals surface area contributed by atoms with Crippen LogP contribution in [0.1, 0.15) is 31.2 Å². The molecule has 5 nitrogen and oxygen atoms in total. The van der Waals surface area contributed by atoms with Crippen molar-refractivity contribution < 1.29 is 14.3 Å². The molecule has 0 bridgehead atoms. The number of carbonyl (C=O) groups excluding carboxylic acids is 2. The SMILES string of the molecule is COc1cccc2c1NC(=O)C[C@@H]2C(=O)N1CC=C(C)CC1. The van der Waals surface area contributed by atoms with Crippen LogP contribution in [0.4, 0.5) is 5.69 Å². The second-order valence-electron chi connectivity index (χ2n) is 5.81. The van der Waals surface area contributed by atoms with Crippen molar-refractivity contribution in [3.8, 4) is 5.75 Å². The van der Waals surface area contributed by atoms with E-state index in [1.165, 1.54) is 5.57 Å². The fourth-order valence-electron chi connectivity index (χ4n) is 3.04. The van der Waals surface area contributed by atoms with Crippen LogP contribution in [0, 0.1) is 0 Å². The van der Waals surface area contributed by atoms with Crippen LogP contribution in [0.2, 0.25) is 0 Å². The van der Waals surface area contributed by atoms with E-state index in [2.05, 4.69) is 18.3 Å². The summed E-state index contributed by atoms with van der Waals surface area (Å²) in [6.07, 6.45) is 3.17. The Hall–Kier alpha value is -2.30. The fraction of sp³-hybridized carbons (Fsp3) is 0.412. The summed E-state index contributed by atoms with van der Waals surface area (Å²) < 4.78 is 5.30. The maximum absolute atomic E-state index is 12.8. The lowest BCUT2D eigenvalue weighted by atomic mass is 9.88. The number of carbonyl (C=O) groups is 2. The van der Waals surface area contributed by atoms with Crippen molar-refractivity contribution in [3.63, 3.8) is 0 Å². The molecule has 0 fully saturated rings. The third-order valence-corrected chi connectivity index (χ3v) is 4.35. The summed E-state index contributed by atoms with van der Waals surface area (Å²) >= 11 is 0. The number of methoxy groups -OCH3 is 1. The third kappa shape index (κ3) is 2.58. The molecule has 0 radical (unpaired) electrons. The lowest BCUT2D eigenvalue weighted by molar-refractivity contribution is -0.134. The predicted molar refractivity (Wildman–Crippen MR) is 83.9 cm³/mol. The van der Waals surface area contributed by atoms with Gasteiger partial charge in [0.2, 0.25) is 11.8 Å². The molecule has 0 aliphatic carbocycles. The van der Waals surface area contributed by atoms with Crippen molar-refractivity contribution in [2.45, 2.75) is 25.7 Å². The minimum absolute atomic E-state index is 0.0214. The van der Waals surface area contributed by atoms with Crippen molar-refractivity contribution in [1.82, 2.24) is 4.90 Å². The Balaban J connectivity index is 1.92. The molecule has 2 heterocycles. The largest absolute Gasteiger partial charge is 0.495 e. The Kier molecular flexibility index (Phi) is 3.88. The average molecular weight is 300 g/mol. The lowest BCUT2D eigenvalue weighted by Crippen LogP contribution is -2.40. The summed E-state index contributed by atoms with van der Waals surface area (Å²) in [6.45, 7) is 3.43. The number of nitrogens with zero attached hydrogens (tertiary/aromatic N) is 1. The van der Waals surface area contributed by atoms with Gasteiger partial charge >= 0.3 is 0 Å². The van der Waals surface area contributed by atoms with Crippen LogP contribution in [0.5, 0.6) is 5.75 Å². The van der Waals surface area contributed by atoms with E-state index in [0.29, 0.717) is 18.0 Å². The van der Waals surface area contributed by atoms with Gasteiger partial charge in [-0.25, -0.2) is 0 Å². The molecule has 22 heavy (non-hydrogen) atoms. The summed E-state index contributed by atoms with van der Waals surface area (Å²) in [5.41, 5.74) is 2.78. The molecule has 1 aromatic rings. The fourth-order valence-corrected chi connectivity index (χ4v) is 3.04. The lowest BCUT2D eigenvalue weighted by Gasteiger charge is -2.32. The van der Waals surface area contributed by atoms with E-state index in [4.69, 9.17) is 4.74 Å². The molecule has 1 atom stereocenters. The number of amides is 2. The molecule has 2 aliphatic rings. The Morgan fingerprint density at radius 1 is 1.41 bits per heavy atom. The van der Waals surface area contributed by atoms with Gasteiger partial charge in [-0.1, -0.05) is 23.8 Å². The van der Waals surface area contributed by atoms with Gasteiger partial charge in [0.25, 0.3) is 0 Å². The van der Waals surface area contributed by atoms with Gasteiger partial charge in [0.1, 0.15) is 5.75 Å². The van der Waals surface area contributed by atoms with Crippen LogP contribution in [-0.2, 0) is 9.59 Å². The monoisotopic (exact) mass is 300 g/mol. The van der Waals surface area contributed by atoms with Crippen molar-refractivity contribution in [1.29, 1.82) is 0 Å². The quantitative estimate of drug-likeness (QED) is 0.853. The predicted octanol–water partition coefficient (Wildman–Crippen LogP) is 2.30. The summed E-state index contributed by atoms with van der Waals surface area (Å²) in [5.74, 6) is 0.0515. The van der Waals surface area contributed by atoms with Crippen LogP contribution in [0.25, 0.3) is 0 Å². The van der Waals surface area contributed by atoms with Crippen LogP contribution in [0.3, 0.4) is 0 Å². The van der Waals surface area contributed by atoms with Crippen molar-refractivity contribution in [2.24, 2.45) is 0 Å². The summed E-state index contributed by atoms with van der Waals surface area (Å²) in [6, 6.07) is 5.54. The first kappa shape index (κ1) is 14.6. The van der Waals surface area contributed by atoms with Crippen LogP contribution in [0.15, 0.2) is 29.8 Å². The Morgan fingerprint density at radius 3 is 2.91 bits per heavy atom. The van der Waals surface area contributed by atoms with Crippen molar-refractivity contribution in [2.75, 3.05) is 25.5 Å². The molecule has 0 saturated carbocycles. The standard InChI is InChI=1S/C17H20N2O3/c1-11-6-8-19(9-7-11)17(21)13-10-15(20)18-16-12(13)4-3-5-14(16)22-2/h3-6,13H,7-10H2,1-2H3,(H,18,20)/t13-/m0/s1. The molecular weight excluding hydrogens is 280 g/mol. The van der Waals surface area contributed by atoms with Crippen LogP contribution in [-0.4, -0.2) is 36.9 Å². The highest BCUT2D eigenvalue weighted by atomic mass is 16.5. The highest BCUT2D eigenvalue weighted by molar-refractivity contribution is 6.02. The molecule has 5 heteroatoms. The van der Waals surface area contributed by atoms with E-state index in [9.17, 15) is 9.59 Å². The molecule has 0 spiro atoms. The van der Waals surface area contributed by atoms with Gasteiger partial charge < -0.3 is 15.0 Å². The van der Waals surface area contributed by atoms with Crippen LogP contribution < -0.4 is 10.1 Å². The number of benzene rings is 1. The second kappa shape index (κ2) is 5.83. The molecule has 2 amide bonds. The molecule has 116 valence electrons. The number of para-hydroxylation sites is 1. The summed E-state index contributed by atoms with van der Waals surface area (Å²) in [7, 11) is 1.56. The van der Waals surface area contributed by atoms with Gasteiger partial charge in [0, 0.05) is 19.5 Å². The Labute approximate surface area is 129 Å². The zero-order valence-electron chi connectivity index (χ0n) is 12.9. The van der Waals surface area contributed by atoms with Gasteiger partial charge in [-0.05, 0) is 25.0 Å². The molecule has 1 N–H and O–H groups in total. The summed E-state index contributed by atoms with van der Waals surface area (Å²) in [4.78, 5) is 26.7. The first-order valence-electron chi connectivity index (χ1n) is 7.51. The van der Waals surface area contributed by atoms with E-state index in [1.807, 2.05) is 17.0 Å². The van der Waals surface area contributed by atoms with Crippen LogP contribution >= 0.6 is 0 Å². The van der Waals surface area contributed by atoms with Crippen molar-refractivity contribution in [3.05, 3.63) is 35.4 Å². The van der Waals surface area contributed by atoms with Gasteiger partial charge in [-0.15, -0.1) is 0 Å². The number of ether oxygens (including phenoxy) is 1. The third-order valence-electron chi connectivity index (χ3n) is 4.35. The van der Waals surface area contributed by atoms with Gasteiger partial charge in [0.15, 0.2) is 0 Å². The maximum Gasteiger partial charge on any atom is 0.231 e. The van der Waals surface area contributed by atoms with Gasteiger partial charge in [-0.3, -0.25) is 9.59 Å². The Bertz CT molecular complexity index is 651. The molecule has 1 aromatic carbocycles. The molecule has 0 unspecified atom stereocenters. The average Bonchev–Trinajstić information content (AvgIpc) is 2.53. The Morgan fingerprint density at radius 2 is 2.23 bits per heavy atom. The number of hydrogen-bond acceptors (Lipinski definition) is 3. The molecule has 0 saturated heterocycles. The molecule has 3 rings (SSSR count). The van der Waals surface area contributed by atoms with Gasteiger partial charge in [-0.2, -0.15) is 0 Å². The van der Waals surface area contributed by atoms with Crippen molar-refractivity contribution >= 4 is 17.5 Å². The zero-order valence-corrected chi connectivity index (χ0v) is 12.9. The smallest absolute Gasteiger partial charge is 0.231 e. The van der Waals surface area contributed by atoms with E-state index < -0.39 is 5.92 Å². The first-order valence-corrected chi connectivity index (χ1v) is 7.51. The highest BCUT2D eigenvalue weighted by Crippen LogP contribution is 2.39. The number of fused-ring (bicyclic) bond motifs is 1. The number of rotatable bonds is 2. The molecule has 2 aliphatic heterocycles. The van der Waals surface area contributed by atoms with E-state index in [0.717, 1.165) is 18.5 Å². The number of anilines is 1. The summed E-state index contributed by atoms with van der Waals surface area (Å²) in [5, 5.41) is 2.83. The molecule has 0 aromatic heterocycles. The van der Waals surface area contributed by atoms with E-state index in [1.54, 1.807) is 13.2 Å². The minimum Gasteiger partial charge on any atom is -0.495 e. The topological polar surface area (TPSA) is 58.6 Å². The van der Waals surface area contributed by atoms with E-state index >= 15 is 0 Å². The zero-order chi connectivity index (χ0) is 15.7. The van der Waals surface area contributed by atoms with Gasteiger partial charge in [0.05, 0.1) is 18.7 Å². The first-order chi connectivity index (χ1) is 10.6. The number of hydrogen-bond donors (Lipinski definition) is 1. The van der Waals surface area contributed by atoms with E-state index in [-0.39, 0.29) is 18.2 Å².